The number of likely N-dealkylation sites (N-methyl/N-ethyl adjacent to an activating group) is 1. The fourth-order valence-electron chi connectivity index (χ4n) is 4.04. The first-order valence-electron chi connectivity index (χ1n) is 9.00. The summed E-state index contributed by atoms with van der Waals surface area (Å²) in [4.78, 5) is 15.8. The Kier molecular flexibility index (Phi) is 6.81. The standard InChI is InChI=1S/C19H25F3N2O2.ClH/c1-14-17(25)23(2)13-18(26-14)8-11-24(12-9-18)10-7-15-5-3-4-6-16(15)19(20,21)22;/h3-6,14H,7-13H2,1-2H3;1H/t14-;/m1./s1. The molecule has 1 amide bonds. The van der Waals surface area contributed by atoms with Gasteiger partial charge in [0, 0.05) is 33.2 Å². The SMILES string of the molecule is C[C@H]1OC2(CCN(CCc3ccccc3C(F)(F)F)CC2)CN(C)C1=O.Cl. The highest BCUT2D eigenvalue weighted by molar-refractivity contribution is 5.85. The van der Waals surface area contributed by atoms with Crippen LogP contribution in [0.4, 0.5) is 13.2 Å². The van der Waals surface area contributed by atoms with Gasteiger partial charge in [-0.3, -0.25) is 4.79 Å². The fraction of sp³-hybridized carbons (Fsp3) is 0.632. The van der Waals surface area contributed by atoms with Crippen LogP contribution in [0.1, 0.15) is 30.9 Å². The third kappa shape index (κ3) is 4.95. The van der Waals surface area contributed by atoms with Crippen LogP contribution in [0.3, 0.4) is 0 Å². The molecule has 8 heteroatoms. The summed E-state index contributed by atoms with van der Waals surface area (Å²) in [5, 5.41) is 0. The van der Waals surface area contributed by atoms with E-state index in [-0.39, 0.29) is 23.9 Å². The zero-order valence-corrected chi connectivity index (χ0v) is 16.4. The second-order valence-electron chi connectivity index (χ2n) is 7.38. The van der Waals surface area contributed by atoms with E-state index in [2.05, 4.69) is 4.90 Å². The molecule has 1 spiro atoms. The molecule has 2 fully saturated rings. The van der Waals surface area contributed by atoms with Gasteiger partial charge in [0.05, 0.1) is 11.2 Å². The van der Waals surface area contributed by atoms with E-state index in [0.29, 0.717) is 25.1 Å². The number of likely N-dealkylation sites (tertiary alicyclic amines) is 1. The van der Waals surface area contributed by atoms with Crippen LogP contribution in [-0.2, 0) is 22.1 Å². The topological polar surface area (TPSA) is 32.8 Å². The number of carbonyl (C=O) groups excluding carboxylic acids is 1. The molecule has 1 aromatic carbocycles. The second-order valence-corrected chi connectivity index (χ2v) is 7.38. The molecule has 2 saturated heterocycles. The highest BCUT2D eigenvalue weighted by Gasteiger charge is 2.44. The Bertz CT molecular complexity index is 645. The van der Waals surface area contributed by atoms with Crippen LogP contribution in [0.15, 0.2) is 24.3 Å². The summed E-state index contributed by atoms with van der Waals surface area (Å²) in [6.07, 6.45) is -2.80. The van der Waals surface area contributed by atoms with Crippen LogP contribution in [0.25, 0.3) is 0 Å². The van der Waals surface area contributed by atoms with Gasteiger partial charge < -0.3 is 14.5 Å². The molecule has 0 unspecified atom stereocenters. The molecular weight excluding hydrogens is 381 g/mol. The lowest BCUT2D eigenvalue weighted by Gasteiger charge is -2.48. The molecule has 0 aromatic heterocycles. The van der Waals surface area contributed by atoms with Gasteiger partial charge in [-0.25, -0.2) is 0 Å². The first-order valence-corrected chi connectivity index (χ1v) is 9.00. The Labute approximate surface area is 164 Å². The zero-order chi connectivity index (χ0) is 18.9. The largest absolute Gasteiger partial charge is 0.416 e. The minimum Gasteiger partial charge on any atom is -0.360 e. The van der Waals surface area contributed by atoms with Crippen molar-refractivity contribution in [2.75, 3.05) is 33.2 Å². The van der Waals surface area contributed by atoms with Gasteiger partial charge >= 0.3 is 6.18 Å². The highest BCUT2D eigenvalue weighted by atomic mass is 35.5. The summed E-state index contributed by atoms with van der Waals surface area (Å²) in [6.45, 7) is 4.49. The molecule has 0 saturated carbocycles. The maximum Gasteiger partial charge on any atom is 0.416 e. The van der Waals surface area contributed by atoms with Gasteiger partial charge in [-0.1, -0.05) is 18.2 Å². The Morgan fingerprint density at radius 3 is 2.44 bits per heavy atom. The van der Waals surface area contributed by atoms with Gasteiger partial charge in [0.25, 0.3) is 5.91 Å². The summed E-state index contributed by atoms with van der Waals surface area (Å²) in [7, 11) is 1.80. The molecule has 0 radical (unpaired) electrons. The third-order valence-corrected chi connectivity index (χ3v) is 5.46. The lowest BCUT2D eigenvalue weighted by atomic mass is 9.88. The molecule has 1 atom stereocenters. The Morgan fingerprint density at radius 2 is 1.85 bits per heavy atom. The minimum atomic E-state index is -4.31. The van der Waals surface area contributed by atoms with Crippen LogP contribution in [0.2, 0.25) is 0 Å². The molecule has 2 aliphatic heterocycles. The number of morpholine rings is 1. The molecule has 2 aliphatic rings. The number of alkyl halides is 3. The number of benzene rings is 1. The summed E-state index contributed by atoms with van der Waals surface area (Å²) in [5.41, 5.74) is -0.520. The monoisotopic (exact) mass is 406 g/mol. The van der Waals surface area contributed by atoms with Crippen molar-refractivity contribution in [3.05, 3.63) is 35.4 Å². The summed E-state index contributed by atoms with van der Waals surface area (Å²) in [6, 6.07) is 5.78. The van der Waals surface area contributed by atoms with Gasteiger partial charge in [0.2, 0.25) is 0 Å². The van der Waals surface area contributed by atoms with Gasteiger partial charge in [-0.05, 0) is 37.8 Å². The second kappa shape index (κ2) is 8.37. The molecule has 4 nitrogen and oxygen atoms in total. The fourth-order valence-corrected chi connectivity index (χ4v) is 4.04. The van der Waals surface area contributed by atoms with E-state index in [4.69, 9.17) is 4.74 Å². The molecule has 1 aromatic rings. The van der Waals surface area contributed by atoms with Crippen LogP contribution in [-0.4, -0.2) is 60.6 Å². The first-order chi connectivity index (χ1) is 12.2. The lowest BCUT2D eigenvalue weighted by molar-refractivity contribution is -0.186. The minimum absolute atomic E-state index is 0. The Hall–Kier alpha value is -1.31. The van der Waals surface area contributed by atoms with E-state index in [0.717, 1.165) is 32.0 Å². The van der Waals surface area contributed by atoms with Crippen molar-refractivity contribution in [3.8, 4) is 0 Å². The summed E-state index contributed by atoms with van der Waals surface area (Å²) in [5.74, 6) is 0.00168. The number of halogens is 4. The Balaban J connectivity index is 0.00000261. The molecule has 0 bridgehead atoms. The maximum absolute atomic E-state index is 13.1. The quantitative estimate of drug-likeness (QED) is 0.771. The summed E-state index contributed by atoms with van der Waals surface area (Å²) < 4.78 is 45.3. The number of amides is 1. The van der Waals surface area contributed by atoms with E-state index in [1.54, 1.807) is 31.0 Å². The van der Waals surface area contributed by atoms with Crippen LogP contribution < -0.4 is 0 Å². The average molecular weight is 407 g/mol. The van der Waals surface area contributed by atoms with Crippen molar-refractivity contribution in [2.24, 2.45) is 0 Å². The van der Waals surface area contributed by atoms with Gasteiger partial charge in [0.15, 0.2) is 0 Å². The first kappa shape index (κ1) is 22.0. The van der Waals surface area contributed by atoms with Crippen molar-refractivity contribution >= 4 is 18.3 Å². The predicted octanol–water partition coefficient (Wildman–Crippen LogP) is 3.38. The molecule has 0 aliphatic carbocycles. The van der Waals surface area contributed by atoms with Crippen LogP contribution in [0, 0.1) is 0 Å². The number of ether oxygens (including phenoxy) is 1. The normalized spacial score (nSPS) is 23.4. The third-order valence-electron chi connectivity index (χ3n) is 5.46. The molecule has 2 heterocycles. The Morgan fingerprint density at radius 1 is 1.22 bits per heavy atom. The number of carbonyl (C=O) groups is 1. The van der Waals surface area contributed by atoms with E-state index in [1.807, 2.05) is 0 Å². The number of hydrogen-bond donors (Lipinski definition) is 0. The highest BCUT2D eigenvalue weighted by Crippen LogP contribution is 2.34. The molecule has 27 heavy (non-hydrogen) atoms. The smallest absolute Gasteiger partial charge is 0.360 e. The van der Waals surface area contributed by atoms with E-state index in [1.165, 1.54) is 6.07 Å². The maximum atomic E-state index is 13.1. The molecule has 152 valence electrons. The van der Waals surface area contributed by atoms with Crippen molar-refractivity contribution in [2.45, 2.75) is 44.1 Å². The van der Waals surface area contributed by atoms with E-state index < -0.39 is 17.8 Å². The number of rotatable bonds is 3. The molecule has 3 rings (SSSR count). The van der Waals surface area contributed by atoms with Crippen molar-refractivity contribution in [3.63, 3.8) is 0 Å². The van der Waals surface area contributed by atoms with Crippen LogP contribution >= 0.6 is 12.4 Å². The van der Waals surface area contributed by atoms with Crippen LogP contribution in [0.5, 0.6) is 0 Å². The predicted molar refractivity (Wildman–Crippen MR) is 99.0 cm³/mol. The van der Waals surface area contributed by atoms with Gasteiger partial charge in [-0.15, -0.1) is 12.4 Å². The van der Waals surface area contributed by atoms with Crippen molar-refractivity contribution in [1.82, 2.24) is 9.80 Å². The van der Waals surface area contributed by atoms with E-state index >= 15 is 0 Å². The zero-order valence-electron chi connectivity index (χ0n) is 15.6. The van der Waals surface area contributed by atoms with Crippen molar-refractivity contribution < 1.29 is 22.7 Å². The number of nitrogens with zero attached hydrogens (tertiary/aromatic N) is 2. The number of piperidine rings is 1. The number of hydrogen-bond acceptors (Lipinski definition) is 3. The van der Waals surface area contributed by atoms with Gasteiger partial charge in [-0.2, -0.15) is 13.2 Å². The average Bonchev–Trinajstić information content (AvgIpc) is 2.59. The van der Waals surface area contributed by atoms with Gasteiger partial charge in [0.1, 0.15) is 6.10 Å². The molecular formula is C19H26ClF3N2O2. The van der Waals surface area contributed by atoms with Crippen molar-refractivity contribution in [1.29, 1.82) is 0 Å². The summed E-state index contributed by atoms with van der Waals surface area (Å²) >= 11 is 0. The lowest BCUT2D eigenvalue weighted by Crippen LogP contribution is -2.60. The molecule has 0 N–H and O–H groups in total. The van der Waals surface area contributed by atoms with E-state index in [9.17, 15) is 18.0 Å².